The highest BCUT2D eigenvalue weighted by atomic mass is 32.2. The van der Waals surface area contributed by atoms with Crippen molar-refractivity contribution < 1.29 is 18.0 Å². The predicted octanol–water partition coefficient (Wildman–Crippen LogP) is 5.23. The number of hydrogen-bond acceptors (Lipinski definition) is 2. The topological polar surface area (TPSA) is 41.1 Å². The number of carbonyl (C=O) groups is 1. The van der Waals surface area contributed by atoms with E-state index in [9.17, 15) is 18.0 Å². The number of carbonyl (C=O) groups excluding carboxylic acids is 1. The van der Waals surface area contributed by atoms with Crippen LogP contribution in [0.3, 0.4) is 0 Å². The normalized spacial score (nSPS) is 11.2. The number of nitrogens with one attached hydrogen (secondary N) is 2. The van der Waals surface area contributed by atoms with Crippen LogP contribution in [-0.2, 0) is 12.8 Å². The molecule has 0 aromatic heterocycles. The van der Waals surface area contributed by atoms with Gasteiger partial charge >= 0.3 is 11.5 Å². The Bertz CT molecular complexity index is 685. The summed E-state index contributed by atoms with van der Waals surface area (Å²) >= 11 is -0.186. The molecule has 0 aliphatic heterocycles. The van der Waals surface area contributed by atoms with Crippen LogP contribution in [0.25, 0.3) is 0 Å². The molecule has 3 nitrogen and oxygen atoms in total. The molecule has 2 rings (SSSR count). The summed E-state index contributed by atoms with van der Waals surface area (Å²) in [7, 11) is 0. The van der Waals surface area contributed by atoms with Crippen LogP contribution in [0.1, 0.15) is 18.1 Å². The molecule has 134 valence electrons. The lowest BCUT2D eigenvalue weighted by Gasteiger charge is -2.09. The standard InChI is InChI=1S/C18H19F3N2OS/c1-2-13-3-5-14(6-4-13)11-12-22-17(24)23-15-7-9-16(10-8-15)25-18(19,20)21/h3-10H,2,11-12H2,1H3,(H2,22,23,24). The van der Waals surface area contributed by atoms with E-state index in [1.54, 1.807) is 0 Å². The van der Waals surface area contributed by atoms with E-state index >= 15 is 0 Å². The third-order valence-corrected chi connectivity index (χ3v) is 4.22. The van der Waals surface area contributed by atoms with E-state index in [0.717, 1.165) is 12.0 Å². The first-order valence-corrected chi connectivity index (χ1v) is 8.66. The highest BCUT2D eigenvalue weighted by Crippen LogP contribution is 2.36. The largest absolute Gasteiger partial charge is 0.446 e. The Balaban J connectivity index is 1.76. The lowest BCUT2D eigenvalue weighted by atomic mass is 10.1. The van der Waals surface area contributed by atoms with E-state index in [2.05, 4.69) is 29.7 Å². The number of rotatable bonds is 6. The molecule has 0 saturated carbocycles. The molecule has 0 heterocycles. The van der Waals surface area contributed by atoms with Crippen molar-refractivity contribution in [2.75, 3.05) is 11.9 Å². The number of urea groups is 1. The minimum atomic E-state index is -4.32. The van der Waals surface area contributed by atoms with Gasteiger partial charge in [-0.3, -0.25) is 0 Å². The van der Waals surface area contributed by atoms with Crippen LogP contribution >= 0.6 is 11.8 Å². The van der Waals surface area contributed by atoms with Gasteiger partial charge in [0.05, 0.1) is 0 Å². The average Bonchev–Trinajstić information content (AvgIpc) is 2.56. The molecule has 0 unspecified atom stereocenters. The summed E-state index contributed by atoms with van der Waals surface area (Å²) < 4.78 is 36.8. The third-order valence-electron chi connectivity index (χ3n) is 3.48. The van der Waals surface area contributed by atoms with Gasteiger partial charge in [0, 0.05) is 17.1 Å². The van der Waals surface area contributed by atoms with Crippen molar-refractivity contribution in [2.24, 2.45) is 0 Å². The van der Waals surface area contributed by atoms with Crippen LogP contribution < -0.4 is 10.6 Å². The van der Waals surface area contributed by atoms with Gasteiger partial charge in [0.25, 0.3) is 0 Å². The van der Waals surface area contributed by atoms with Crippen molar-refractivity contribution in [3.8, 4) is 0 Å². The monoisotopic (exact) mass is 368 g/mol. The Morgan fingerprint density at radius 1 is 1.00 bits per heavy atom. The Morgan fingerprint density at radius 2 is 1.60 bits per heavy atom. The quantitative estimate of drug-likeness (QED) is 0.686. The Labute approximate surface area is 149 Å². The summed E-state index contributed by atoms with van der Waals surface area (Å²) in [4.78, 5) is 11.9. The molecule has 2 N–H and O–H groups in total. The number of benzene rings is 2. The van der Waals surface area contributed by atoms with Gasteiger partial charge in [0.15, 0.2) is 0 Å². The second-order valence-corrected chi connectivity index (χ2v) is 6.51. The summed E-state index contributed by atoms with van der Waals surface area (Å²) in [5, 5.41) is 5.32. The van der Waals surface area contributed by atoms with Gasteiger partial charge in [-0.1, -0.05) is 31.2 Å². The van der Waals surface area contributed by atoms with E-state index in [1.165, 1.54) is 29.8 Å². The van der Waals surface area contributed by atoms with Gasteiger partial charge in [-0.2, -0.15) is 13.2 Å². The van der Waals surface area contributed by atoms with Gasteiger partial charge in [0.1, 0.15) is 0 Å². The van der Waals surface area contributed by atoms with Gasteiger partial charge in [-0.25, -0.2) is 4.79 Å². The first kappa shape index (κ1) is 19.2. The number of anilines is 1. The third kappa shape index (κ3) is 7.09. The van der Waals surface area contributed by atoms with E-state index in [4.69, 9.17) is 0 Å². The van der Waals surface area contributed by atoms with E-state index in [-0.39, 0.29) is 22.7 Å². The lowest BCUT2D eigenvalue weighted by molar-refractivity contribution is -0.0328. The first-order chi connectivity index (χ1) is 11.9. The molecule has 0 spiro atoms. The zero-order chi connectivity index (χ0) is 18.3. The summed E-state index contributed by atoms with van der Waals surface area (Å²) in [5.41, 5.74) is -1.48. The summed E-state index contributed by atoms with van der Waals surface area (Å²) in [6.45, 7) is 2.56. The molecule has 7 heteroatoms. The highest BCUT2D eigenvalue weighted by molar-refractivity contribution is 8.00. The summed E-state index contributed by atoms with van der Waals surface area (Å²) in [6.07, 6.45) is 1.69. The van der Waals surface area contributed by atoms with Crippen LogP contribution in [-0.4, -0.2) is 18.1 Å². The second-order valence-electron chi connectivity index (χ2n) is 5.37. The summed E-state index contributed by atoms with van der Waals surface area (Å²) in [5.74, 6) is 0. The van der Waals surface area contributed by atoms with Crippen molar-refractivity contribution in [3.63, 3.8) is 0 Å². The summed E-state index contributed by atoms with van der Waals surface area (Å²) in [6, 6.07) is 13.3. The van der Waals surface area contributed by atoms with Crippen LogP contribution in [0.4, 0.5) is 23.7 Å². The highest BCUT2D eigenvalue weighted by Gasteiger charge is 2.28. The maximum atomic E-state index is 12.3. The maximum absolute atomic E-state index is 12.3. The molecule has 0 bridgehead atoms. The molecule has 0 aliphatic carbocycles. The van der Waals surface area contributed by atoms with Gasteiger partial charge in [-0.05, 0) is 60.0 Å². The second kappa shape index (κ2) is 8.80. The lowest BCUT2D eigenvalue weighted by Crippen LogP contribution is -2.30. The van der Waals surface area contributed by atoms with Crippen LogP contribution in [0, 0.1) is 0 Å². The van der Waals surface area contributed by atoms with Crippen molar-refractivity contribution in [2.45, 2.75) is 30.2 Å². The van der Waals surface area contributed by atoms with E-state index in [0.29, 0.717) is 18.7 Å². The van der Waals surface area contributed by atoms with Crippen LogP contribution in [0.2, 0.25) is 0 Å². The molecule has 25 heavy (non-hydrogen) atoms. The molecule has 2 aromatic rings. The maximum Gasteiger partial charge on any atom is 0.446 e. The minimum absolute atomic E-state index is 0.0778. The molecule has 0 aliphatic rings. The molecule has 0 atom stereocenters. The number of amides is 2. The molecular formula is C18H19F3N2OS. The SMILES string of the molecule is CCc1ccc(CCNC(=O)Nc2ccc(SC(F)(F)F)cc2)cc1. The number of alkyl halides is 3. The first-order valence-electron chi connectivity index (χ1n) is 7.84. The Kier molecular flexibility index (Phi) is 6.75. The van der Waals surface area contributed by atoms with E-state index < -0.39 is 5.51 Å². The van der Waals surface area contributed by atoms with Gasteiger partial charge < -0.3 is 10.6 Å². The number of thioether (sulfide) groups is 1. The number of aryl methyl sites for hydroxylation is 1. The van der Waals surface area contributed by atoms with Crippen molar-refractivity contribution in [3.05, 3.63) is 59.7 Å². The van der Waals surface area contributed by atoms with E-state index in [1.807, 2.05) is 12.1 Å². The Hall–Kier alpha value is -2.15. The predicted molar refractivity (Wildman–Crippen MR) is 94.9 cm³/mol. The fourth-order valence-electron chi connectivity index (χ4n) is 2.18. The molecule has 2 amide bonds. The van der Waals surface area contributed by atoms with Crippen molar-refractivity contribution in [1.82, 2.24) is 5.32 Å². The van der Waals surface area contributed by atoms with Gasteiger partial charge in [-0.15, -0.1) is 0 Å². The Morgan fingerprint density at radius 3 is 2.16 bits per heavy atom. The number of halogens is 3. The molecular weight excluding hydrogens is 349 g/mol. The zero-order valence-corrected chi connectivity index (χ0v) is 14.5. The molecule has 2 aromatic carbocycles. The molecule has 0 fully saturated rings. The van der Waals surface area contributed by atoms with Crippen LogP contribution in [0.15, 0.2) is 53.4 Å². The van der Waals surface area contributed by atoms with Crippen molar-refractivity contribution in [1.29, 1.82) is 0 Å². The number of hydrogen-bond donors (Lipinski definition) is 2. The van der Waals surface area contributed by atoms with Crippen LogP contribution in [0.5, 0.6) is 0 Å². The fourth-order valence-corrected chi connectivity index (χ4v) is 2.72. The fraction of sp³-hybridized carbons (Fsp3) is 0.278. The van der Waals surface area contributed by atoms with Gasteiger partial charge in [0.2, 0.25) is 0 Å². The smallest absolute Gasteiger partial charge is 0.338 e. The molecule has 0 radical (unpaired) electrons. The minimum Gasteiger partial charge on any atom is -0.338 e. The molecule has 0 saturated heterocycles. The zero-order valence-electron chi connectivity index (χ0n) is 13.7. The average molecular weight is 368 g/mol. The van der Waals surface area contributed by atoms with Crippen molar-refractivity contribution >= 4 is 23.5 Å².